The molecule has 0 aliphatic rings. The highest BCUT2D eigenvalue weighted by atomic mass is 31.1. The molecule has 0 saturated carbocycles. The second-order valence-electron chi connectivity index (χ2n) is 3.99. The average molecular weight is 291 g/mol. The number of hydrogen-bond acceptors (Lipinski definition) is 5. The Hall–Kier alpha value is -1.34. The molecule has 9 heteroatoms. The number of rotatable bonds is 7. The third-order valence-electron chi connectivity index (χ3n) is 2.63. The maximum Gasteiger partial charge on any atom is 0.694 e. The summed E-state index contributed by atoms with van der Waals surface area (Å²) in [6.07, 6.45) is 1.36. The van der Waals surface area contributed by atoms with E-state index >= 15 is 0 Å². The monoisotopic (exact) mass is 291 g/mol. The predicted octanol–water partition coefficient (Wildman–Crippen LogP) is 0.169. The van der Waals surface area contributed by atoms with E-state index in [1.54, 1.807) is 6.92 Å². The quantitative estimate of drug-likeness (QED) is 0.693. The van der Waals surface area contributed by atoms with E-state index in [9.17, 15) is 14.2 Å². The van der Waals surface area contributed by atoms with Crippen LogP contribution in [0.1, 0.15) is 19.4 Å². The largest absolute Gasteiger partial charge is 0.694 e. The van der Waals surface area contributed by atoms with Gasteiger partial charge in [0.1, 0.15) is 6.61 Å². The zero-order valence-corrected chi connectivity index (χ0v) is 11.5. The first kappa shape index (κ1) is 15.7. The van der Waals surface area contributed by atoms with E-state index in [1.807, 2.05) is 0 Å². The van der Waals surface area contributed by atoms with Gasteiger partial charge in [0.25, 0.3) is 5.56 Å². The Morgan fingerprint density at radius 1 is 1.53 bits per heavy atom. The normalized spacial score (nSPS) is 15.0. The number of methoxy groups -OCH3 is 1. The second kappa shape index (κ2) is 7.30. The molecule has 0 spiro atoms. The van der Waals surface area contributed by atoms with Crippen molar-refractivity contribution >= 4 is 8.25 Å². The first-order valence-electron chi connectivity index (χ1n) is 5.57. The zero-order valence-electron chi connectivity index (χ0n) is 10.6. The average Bonchev–Trinajstić information content (AvgIpc) is 2.33. The molecule has 0 aliphatic heterocycles. The summed E-state index contributed by atoms with van der Waals surface area (Å²) in [4.78, 5) is 33.2. The highest BCUT2D eigenvalue weighted by Gasteiger charge is 2.21. The van der Waals surface area contributed by atoms with Crippen molar-refractivity contribution in [2.45, 2.75) is 25.5 Å². The second-order valence-corrected chi connectivity index (χ2v) is 4.73. The number of ether oxygens (including phenoxy) is 1. The molecule has 8 nitrogen and oxygen atoms in total. The van der Waals surface area contributed by atoms with Gasteiger partial charge >= 0.3 is 13.9 Å². The van der Waals surface area contributed by atoms with E-state index in [-0.39, 0.29) is 12.6 Å². The molecule has 1 unspecified atom stereocenters. The molecule has 0 bridgehead atoms. The fourth-order valence-electron chi connectivity index (χ4n) is 1.65. The van der Waals surface area contributed by atoms with Crippen LogP contribution < -0.4 is 11.2 Å². The molecule has 0 aromatic carbocycles. The van der Waals surface area contributed by atoms with Crippen molar-refractivity contribution < 1.29 is 18.7 Å². The molecular weight excluding hydrogens is 275 g/mol. The summed E-state index contributed by atoms with van der Waals surface area (Å²) >= 11 is 0. The molecule has 0 radical (unpaired) electrons. The van der Waals surface area contributed by atoms with Crippen molar-refractivity contribution in [2.75, 3.05) is 13.7 Å². The molecule has 0 saturated heterocycles. The van der Waals surface area contributed by atoms with Crippen LogP contribution in [-0.4, -0.2) is 34.3 Å². The molecule has 0 amide bonds. The SMILES string of the molecule is CO[C@H](CO[P+](=O)O)C[C@H](C)n1ccc(=O)[nH]c1=O. The number of aromatic nitrogens is 2. The Labute approximate surface area is 109 Å². The van der Waals surface area contributed by atoms with Gasteiger partial charge in [-0.25, -0.2) is 4.79 Å². The van der Waals surface area contributed by atoms with Crippen LogP contribution in [0.5, 0.6) is 0 Å². The van der Waals surface area contributed by atoms with Crippen molar-refractivity contribution in [3.05, 3.63) is 33.1 Å². The minimum atomic E-state index is -2.67. The van der Waals surface area contributed by atoms with Gasteiger partial charge in [0, 0.05) is 30.0 Å². The maximum atomic E-state index is 11.6. The Bertz CT molecular complexity index is 539. The number of hydrogen-bond donors (Lipinski definition) is 2. The molecule has 0 fully saturated rings. The van der Waals surface area contributed by atoms with E-state index in [2.05, 4.69) is 9.51 Å². The van der Waals surface area contributed by atoms with Crippen LogP contribution in [0.25, 0.3) is 0 Å². The number of nitrogens with zero attached hydrogens (tertiary/aromatic N) is 1. The molecule has 0 aliphatic carbocycles. The van der Waals surface area contributed by atoms with Crippen LogP contribution in [0.3, 0.4) is 0 Å². The fourth-order valence-corrected chi connectivity index (χ4v) is 1.94. The lowest BCUT2D eigenvalue weighted by Gasteiger charge is -2.19. The minimum Gasteiger partial charge on any atom is -0.379 e. The topological polar surface area (TPSA) is 111 Å². The summed E-state index contributed by atoms with van der Waals surface area (Å²) in [6.45, 7) is 1.72. The van der Waals surface area contributed by atoms with Gasteiger partial charge in [-0.3, -0.25) is 14.3 Å². The Kier molecular flexibility index (Phi) is 6.04. The first-order chi connectivity index (χ1) is 8.93. The number of H-pyrrole nitrogens is 1. The van der Waals surface area contributed by atoms with Crippen LogP contribution in [0.4, 0.5) is 0 Å². The smallest absolute Gasteiger partial charge is 0.379 e. The van der Waals surface area contributed by atoms with Gasteiger partial charge < -0.3 is 4.74 Å². The maximum absolute atomic E-state index is 11.6. The molecule has 1 heterocycles. The van der Waals surface area contributed by atoms with Crippen LogP contribution in [0.15, 0.2) is 21.9 Å². The molecule has 2 N–H and O–H groups in total. The number of nitrogens with one attached hydrogen (secondary N) is 1. The van der Waals surface area contributed by atoms with Gasteiger partial charge in [0.2, 0.25) is 0 Å². The van der Waals surface area contributed by atoms with E-state index in [0.717, 1.165) is 0 Å². The Balaban J connectivity index is 2.71. The van der Waals surface area contributed by atoms with Crippen molar-refractivity contribution in [3.63, 3.8) is 0 Å². The molecule has 1 rings (SSSR count). The van der Waals surface area contributed by atoms with Crippen LogP contribution >= 0.6 is 8.25 Å². The lowest BCUT2D eigenvalue weighted by molar-refractivity contribution is 0.0414. The van der Waals surface area contributed by atoms with Gasteiger partial charge in [-0.05, 0) is 13.3 Å². The predicted molar refractivity (Wildman–Crippen MR) is 67.2 cm³/mol. The Morgan fingerprint density at radius 2 is 2.21 bits per heavy atom. The fraction of sp³-hybridized carbons (Fsp3) is 0.600. The third kappa shape index (κ3) is 5.04. The van der Waals surface area contributed by atoms with E-state index in [0.29, 0.717) is 6.42 Å². The lowest BCUT2D eigenvalue weighted by Crippen LogP contribution is -2.32. The van der Waals surface area contributed by atoms with Crippen LogP contribution in [-0.2, 0) is 13.8 Å². The van der Waals surface area contributed by atoms with Gasteiger partial charge in [-0.15, -0.1) is 9.42 Å². The first-order valence-corrected chi connectivity index (χ1v) is 6.70. The van der Waals surface area contributed by atoms with Gasteiger partial charge in [-0.1, -0.05) is 0 Å². The van der Waals surface area contributed by atoms with Crippen LogP contribution in [0.2, 0.25) is 0 Å². The highest BCUT2D eigenvalue weighted by molar-refractivity contribution is 7.32. The molecule has 19 heavy (non-hydrogen) atoms. The van der Waals surface area contributed by atoms with E-state index < -0.39 is 25.6 Å². The van der Waals surface area contributed by atoms with Crippen molar-refractivity contribution in [2.24, 2.45) is 0 Å². The Morgan fingerprint density at radius 3 is 2.74 bits per heavy atom. The number of aromatic amines is 1. The summed E-state index contributed by atoms with van der Waals surface area (Å²) < 4.78 is 21.5. The molecule has 1 aromatic heterocycles. The van der Waals surface area contributed by atoms with E-state index in [1.165, 1.54) is 23.9 Å². The van der Waals surface area contributed by atoms with Gasteiger partial charge in [0.15, 0.2) is 0 Å². The van der Waals surface area contributed by atoms with E-state index in [4.69, 9.17) is 9.63 Å². The standard InChI is InChI=1S/C10H15N2O6P/c1-7(5-8(17-2)6-18-19(15)16)12-4-3-9(13)11-10(12)14/h3-4,7-8H,5-6H2,1-2H3,(H-,11,13,14,15,16)/p+1/t7-,8-/m0/s1. The lowest BCUT2D eigenvalue weighted by atomic mass is 10.1. The van der Waals surface area contributed by atoms with Crippen LogP contribution in [0, 0.1) is 0 Å². The van der Waals surface area contributed by atoms with Crippen molar-refractivity contribution in [1.82, 2.24) is 9.55 Å². The molecular formula is C10H16N2O6P+. The van der Waals surface area contributed by atoms with Crippen molar-refractivity contribution in [3.8, 4) is 0 Å². The molecule has 106 valence electrons. The summed E-state index contributed by atoms with van der Waals surface area (Å²) in [5.41, 5.74) is -0.971. The van der Waals surface area contributed by atoms with Gasteiger partial charge in [-0.2, -0.15) is 0 Å². The summed E-state index contributed by atoms with van der Waals surface area (Å²) in [7, 11) is -1.23. The summed E-state index contributed by atoms with van der Waals surface area (Å²) in [6, 6.07) is 0.996. The van der Waals surface area contributed by atoms with Gasteiger partial charge in [0.05, 0.1) is 6.10 Å². The highest BCUT2D eigenvalue weighted by Crippen LogP contribution is 2.19. The third-order valence-corrected chi connectivity index (χ3v) is 3.00. The summed E-state index contributed by atoms with van der Waals surface area (Å²) in [5, 5.41) is 0. The molecule has 1 aromatic rings. The summed E-state index contributed by atoms with van der Waals surface area (Å²) in [5.74, 6) is 0. The molecule has 3 atom stereocenters. The minimum absolute atomic E-state index is 0.0509. The zero-order chi connectivity index (χ0) is 14.4. The van der Waals surface area contributed by atoms with Crippen molar-refractivity contribution in [1.29, 1.82) is 0 Å².